The van der Waals surface area contributed by atoms with Gasteiger partial charge >= 0.3 is 11.9 Å². The first-order valence-corrected chi connectivity index (χ1v) is 7.63. The van der Waals surface area contributed by atoms with Gasteiger partial charge in [0.05, 0.1) is 35.0 Å². The normalized spacial score (nSPS) is 11.7. The summed E-state index contributed by atoms with van der Waals surface area (Å²) in [6.45, 7) is 1.78. The van der Waals surface area contributed by atoms with Gasteiger partial charge in [-0.05, 0) is 30.7 Å². The second-order valence-corrected chi connectivity index (χ2v) is 5.44. The van der Waals surface area contributed by atoms with Gasteiger partial charge in [-0.2, -0.15) is 18.2 Å². The maximum Gasteiger partial charge on any atom is 0.416 e. The van der Waals surface area contributed by atoms with E-state index in [1.54, 1.807) is 37.3 Å². The van der Waals surface area contributed by atoms with Crippen molar-refractivity contribution in [3.8, 4) is 11.4 Å². The number of ether oxygens (including phenoxy) is 1. The predicted octanol–water partition coefficient (Wildman–Crippen LogP) is 3.98. The third kappa shape index (κ3) is 2.97. The lowest BCUT2D eigenvalue weighted by molar-refractivity contribution is -0.137. The lowest BCUT2D eigenvalue weighted by atomic mass is 10.1. The fourth-order valence-electron chi connectivity index (χ4n) is 2.80. The molecule has 0 atom stereocenters. The second-order valence-electron chi connectivity index (χ2n) is 5.44. The number of hydrogen-bond donors (Lipinski definition) is 0. The molecule has 3 aromatic rings. The van der Waals surface area contributed by atoms with Crippen LogP contribution in [0, 0.1) is 0 Å². The van der Waals surface area contributed by atoms with Gasteiger partial charge in [0.25, 0.3) is 0 Å². The number of benzene rings is 2. The number of para-hydroxylation sites is 1. The molecule has 7 heteroatoms. The van der Waals surface area contributed by atoms with Gasteiger partial charge in [-0.15, -0.1) is 0 Å². The zero-order chi connectivity index (χ0) is 18.2. The molecule has 3 rings (SSSR count). The van der Waals surface area contributed by atoms with E-state index in [1.165, 1.54) is 11.7 Å². The third-order valence-corrected chi connectivity index (χ3v) is 3.93. The number of hydrogen-bond acceptors (Lipinski definition) is 3. The van der Waals surface area contributed by atoms with Gasteiger partial charge in [-0.1, -0.05) is 25.1 Å². The molecule has 0 N–H and O–H groups in total. The molecule has 130 valence electrons. The third-order valence-electron chi connectivity index (χ3n) is 3.93. The summed E-state index contributed by atoms with van der Waals surface area (Å²) in [6.07, 6.45) is -4.17. The Morgan fingerprint density at radius 1 is 1.16 bits per heavy atom. The smallest absolute Gasteiger partial charge is 0.416 e. The van der Waals surface area contributed by atoms with Crippen LogP contribution in [0.4, 0.5) is 13.2 Å². The molecule has 0 bridgehead atoms. The van der Waals surface area contributed by atoms with Crippen molar-refractivity contribution in [3.05, 3.63) is 64.2 Å². The number of methoxy groups -OCH3 is 1. The van der Waals surface area contributed by atoms with Crippen molar-refractivity contribution < 1.29 is 17.9 Å². The van der Waals surface area contributed by atoms with Crippen molar-refractivity contribution in [2.24, 2.45) is 0 Å². The van der Waals surface area contributed by atoms with E-state index in [1.807, 2.05) is 0 Å². The van der Waals surface area contributed by atoms with Crippen LogP contribution >= 0.6 is 0 Å². The summed E-state index contributed by atoms with van der Waals surface area (Å²) in [7, 11) is 1.30. The number of alkyl halides is 3. The Hall–Kier alpha value is -2.83. The summed E-state index contributed by atoms with van der Waals surface area (Å²) in [5.74, 6) is 0.0406. The highest BCUT2D eigenvalue weighted by atomic mass is 19.4. The summed E-state index contributed by atoms with van der Waals surface area (Å²) >= 11 is 0. The van der Waals surface area contributed by atoms with E-state index in [-0.39, 0.29) is 11.3 Å². The number of aryl methyl sites for hydroxylation is 1. The van der Waals surface area contributed by atoms with Crippen molar-refractivity contribution in [3.63, 3.8) is 0 Å². The summed E-state index contributed by atoms with van der Waals surface area (Å²) < 4.78 is 46.2. The molecule has 25 heavy (non-hydrogen) atoms. The van der Waals surface area contributed by atoms with Gasteiger partial charge in [0, 0.05) is 0 Å². The molecule has 1 aromatic heterocycles. The maximum absolute atomic E-state index is 13.3. The van der Waals surface area contributed by atoms with Crippen molar-refractivity contribution in [2.75, 3.05) is 7.11 Å². The second kappa shape index (κ2) is 6.23. The van der Waals surface area contributed by atoms with Gasteiger partial charge in [0.1, 0.15) is 5.75 Å². The predicted molar refractivity (Wildman–Crippen MR) is 88.3 cm³/mol. The molecule has 0 aliphatic carbocycles. The lowest BCUT2D eigenvalue weighted by Crippen LogP contribution is -2.24. The van der Waals surface area contributed by atoms with Crippen molar-refractivity contribution >= 4 is 10.9 Å². The highest BCUT2D eigenvalue weighted by Gasteiger charge is 2.32. The lowest BCUT2D eigenvalue weighted by Gasteiger charge is -2.17. The quantitative estimate of drug-likeness (QED) is 0.719. The van der Waals surface area contributed by atoms with Crippen LogP contribution in [-0.2, 0) is 12.6 Å². The first kappa shape index (κ1) is 17.0. The van der Waals surface area contributed by atoms with Crippen molar-refractivity contribution in [2.45, 2.75) is 19.5 Å². The van der Waals surface area contributed by atoms with Crippen LogP contribution in [0.3, 0.4) is 0 Å². The SMILES string of the molecule is CCc1nc(=O)n(-c2ccccc2)c2cc(C(F)(F)F)cc(OC)c12. The zero-order valence-corrected chi connectivity index (χ0v) is 13.6. The number of halogens is 3. The maximum atomic E-state index is 13.3. The largest absolute Gasteiger partial charge is 0.496 e. The Morgan fingerprint density at radius 3 is 2.40 bits per heavy atom. The van der Waals surface area contributed by atoms with E-state index in [9.17, 15) is 18.0 Å². The van der Waals surface area contributed by atoms with Gasteiger partial charge in [-0.25, -0.2) is 4.79 Å². The van der Waals surface area contributed by atoms with Crippen molar-refractivity contribution in [1.82, 2.24) is 9.55 Å². The van der Waals surface area contributed by atoms with E-state index in [0.717, 1.165) is 12.1 Å². The Kier molecular flexibility index (Phi) is 4.24. The molecule has 0 radical (unpaired) electrons. The number of nitrogens with zero attached hydrogens (tertiary/aromatic N) is 2. The summed E-state index contributed by atoms with van der Waals surface area (Å²) in [5.41, 5.74) is -0.548. The Bertz CT molecular complexity index is 980. The van der Waals surface area contributed by atoms with Crippen LogP contribution < -0.4 is 10.4 Å². The monoisotopic (exact) mass is 348 g/mol. The minimum atomic E-state index is -4.56. The minimum absolute atomic E-state index is 0.0406. The minimum Gasteiger partial charge on any atom is -0.496 e. The molecule has 4 nitrogen and oxygen atoms in total. The van der Waals surface area contributed by atoms with Crippen LogP contribution in [0.25, 0.3) is 16.6 Å². The Balaban J connectivity index is 2.52. The topological polar surface area (TPSA) is 44.1 Å². The molecule has 0 saturated heterocycles. The molecule has 0 aliphatic rings. The van der Waals surface area contributed by atoms with Gasteiger partial charge in [-0.3, -0.25) is 4.57 Å². The fourth-order valence-corrected chi connectivity index (χ4v) is 2.80. The summed E-state index contributed by atoms with van der Waals surface area (Å²) in [5, 5.41) is 0.404. The molecule has 1 heterocycles. The highest BCUT2D eigenvalue weighted by Crippen LogP contribution is 2.37. The van der Waals surface area contributed by atoms with Crippen LogP contribution in [0.15, 0.2) is 47.3 Å². The summed E-state index contributed by atoms with van der Waals surface area (Å²) in [4.78, 5) is 16.5. The van der Waals surface area contributed by atoms with Gasteiger partial charge in [0.15, 0.2) is 0 Å². The molecule has 0 unspecified atom stereocenters. The van der Waals surface area contributed by atoms with Crippen LogP contribution in [-0.4, -0.2) is 16.7 Å². The molecule has 0 amide bonds. The molecular weight excluding hydrogens is 333 g/mol. The molecule has 0 fully saturated rings. The first-order chi connectivity index (χ1) is 11.9. The van der Waals surface area contributed by atoms with Crippen LogP contribution in [0.1, 0.15) is 18.2 Å². The molecule has 2 aromatic carbocycles. The Morgan fingerprint density at radius 2 is 1.84 bits per heavy atom. The Labute approximate surface area is 141 Å². The molecule has 0 spiro atoms. The van der Waals surface area contributed by atoms with E-state index in [4.69, 9.17) is 4.74 Å². The standard InChI is InChI=1S/C18H15F3N2O2/c1-3-13-16-14(9-11(18(19,20)21)10-15(16)25-2)23(17(24)22-13)12-7-5-4-6-8-12/h4-10H,3H2,1-2H3. The molecular formula is C18H15F3N2O2. The zero-order valence-electron chi connectivity index (χ0n) is 13.6. The number of rotatable bonds is 3. The average molecular weight is 348 g/mol. The number of aromatic nitrogens is 2. The van der Waals surface area contributed by atoms with Crippen LogP contribution in [0.2, 0.25) is 0 Å². The summed E-state index contributed by atoms with van der Waals surface area (Å²) in [6, 6.07) is 10.3. The highest BCUT2D eigenvalue weighted by molar-refractivity contribution is 5.89. The van der Waals surface area contributed by atoms with Gasteiger partial charge < -0.3 is 4.74 Å². The van der Waals surface area contributed by atoms with E-state index in [0.29, 0.717) is 23.2 Å². The van der Waals surface area contributed by atoms with Crippen molar-refractivity contribution in [1.29, 1.82) is 0 Å². The van der Waals surface area contributed by atoms with E-state index < -0.39 is 17.4 Å². The van der Waals surface area contributed by atoms with Crippen LogP contribution in [0.5, 0.6) is 5.75 Å². The number of fused-ring (bicyclic) bond motifs is 1. The molecule has 0 saturated carbocycles. The first-order valence-electron chi connectivity index (χ1n) is 7.63. The van der Waals surface area contributed by atoms with Gasteiger partial charge in [0.2, 0.25) is 0 Å². The molecule has 0 aliphatic heterocycles. The average Bonchev–Trinajstić information content (AvgIpc) is 2.59. The fraction of sp³-hybridized carbons (Fsp3) is 0.222. The van der Waals surface area contributed by atoms with E-state index in [2.05, 4.69) is 4.98 Å². The van der Waals surface area contributed by atoms with E-state index >= 15 is 0 Å².